The Kier molecular flexibility index (Phi) is 5.80. The maximum Gasteiger partial charge on any atom is 0.318 e. The second-order valence-corrected chi connectivity index (χ2v) is 9.80. The van der Waals surface area contributed by atoms with Crippen LogP contribution < -0.4 is 14.8 Å². The van der Waals surface area contributed by atoms with Gasteiger partial charge < -0.3 is 15.0 Å². The third-order valence-corrected chi connectivity index (χ3v) is 6.33. The van der Waals surface area contributed by atoms with Crippen molar-refractivity contribution in [2.75, 3.05) is 12.8 Å². The molecule has 0 spiro atoms. The largest absolute Gasteiger partial charge is 0.453 e. The summed E-state index contributed by atoms with van der Waals surface area (Å²) < 4.78 is 61.5. The van der Waals surface area contributed by atoms with Crippen molar-refractivity contribution >= 4 is 27.7 Å². The quantitative estimate of drug-likeness (QED) is 0.705. The van der Waals surface area contributed by atoms with Crippen LogP contribution in [0.4, 0.5) is 13.6 Å². The Morgan fingerprint density at radius 2 is 2.03 bits per heavy atom. The number of nitrogens with zero attached hydrogens (tertiary/aromatic N) is 1. The highest BCUT2D eigenvalue weighted by Gasteiger charge is 2.46. The molecule has 0 unspecified atom stereocenters. The molecule has 166 valence electrons. The zero-order valence-corrected chi connectivity index (χ0v) is 18.0. The summed E-state index contributed by atoms with van der Waals surface area (Å²) in [4.78, 5) is 14.0. The molecule has 2 amide bonds. The van der Waals surface area contributed by atoms with E-state index in [0.29, 0.717) is 5.56 Å². The summed E-state index contributed by atoms with van der Waals surface area (Å²) in [5, 5.41) is 2.97. The smallest absolute Gasteiger partial charge is 0.318 e. The first kappa shape index (κ1) is 21.8. The molecule has 0 aromatic heterocycles. The van der Waals surface area contributed by atoms with Crippen LogP contribution in [0.1, 0.15) is 11.1 Å². The van der Waals surface area contributed by atoms with Crippen molar-refractivity contribution in [3.8, 4) is 11.5 Å². The number of benzene rings is 2. The van der Waals surface area contributed by atoms with Crippen LogP contribution in [0, 0.1) is 5.82 Å². The molecule has 1 saturated heterocycles. The minimum absolute atomic E-state index is 0.0796. The van der Waals surface area contributed by atoms with E-state index in [1.165, 1.54) is 17.0 Å². The van der Waals surface area contributed by atoms with Gasteiger partial charge in [0.15, 0.2) is 11.6 Å². The number of ether oxygens (including phenoxy) is 1. The molecule has 1 fully saturated rings. The second kappa shape index (κ2) is 8.25. The fourth-order valence-corrected chi connectivity index (χ4v) is 4.85. The van der Waals surface area contributed by atoms with Gasteiger partial charge in [-0.15, -0.1) is 0 Å². The summed E-state index contributed by atoms with van der Waals surface area (Å²) in [6, 6.07) is 6.57. The number of nitrogens with one attached hydrogen (secondary N) is 2. The standard InChI is InChI=1S/C20H20ClF2N3O4S/c1-31(28,29)25-19-14(22)10-26-15(19)8-12-3-2-4-16(18(12)23)30-17-7-11(5-6-13(17)21)9-24-20(26)27/h2-7,14-15,19,25H,8-10H2,1H3,(H,24,27)/t14-,15-,19-/m0/s1. The van der Waals surface area contributed by atoms with Gasteiger partial charge >= 0.3 is 6.03 Å². The van der Waals surface area contributed by atoms with Crippen LogP contribution in [-0.2, 0) is 23.0 Å². The van der Waals surface area contributed by atoms with Crippen LogP contribution in [0.3, 0.4) is 0 Å². The highest BCUT2D eigenvalue weighted by Crippen LogP contribution is 2.34. The fourth-order valence-electron chi connectivity index (χ4n) is 3.89. The lowest BCUT2D eigenvalue weighted by Crippen LogP contribution is -2.51. The number of alkyl halides is 1. The normalized spacial score (nSPS) is 23.7. The van der Waals surface area contributed by atoms with Gasteiger partial charge in [0.05, 0.1) is 29.9 Å². The van der Waals surface area contributed by atoms with Gasteiger partial charge in [0, 0.05) is 6.54 Å². The molecule has 4 bridgehead atoms. The number of amides is 2. The van der Waals surface area contributed by atoms with Crippen LogP contribution in [0.5, 0.6) is 11.5 Å². The van der Waals surface area contributed by atoms with Crippen molar-refractivity contribution in [2.24, 2.45) is 0 Å². The van der Waals surface area contributed by atoms with Crippen LogP contribution in [0.15, 0.2) is 36.4 Å². The van der Waals surface area contributed by atoms with Gasteiger partial charge in [-0.1, -0.05) is 29.8 Å². The molecule has 7 nitrogen and oxygen atoms in total. The Labute approximate surface area is 183 Å². The molecule has 0 saturated carbocycles. The maximum atomic E-state index is 15.2. The first-order valence-corrected chi connectivity index (χ1v) is 11.8. The third kappa shape index (κ3) is 4.60. The zero-order chi connectivity index (χ0) is 22.3. The highest BCUT2D eigenvalue weighted by molar-refractivity contribution is 7.88. The molecule has 2 aliphatic rings. The Morgan fingerprint density at radius 1 is 1.26 bits per heavy atom. The van der Waals surface area contributed by atoms with Gasteiger partial charge in [-0.05, 0) is 35.7 Å². The Bertz CT molecular complexity index is 1130. The molecule has 2 aliphatic heterocycles. The van der Waals surface area contributed by atoms with E-state index in [4.69, 9.17) is 16.3 Å². The van der Waals surface area contributed by atoms with Crippen LogP contribution in [0.2, 0.25) is 5.02 Å². The van der Waals surface area contributed by atoms with Gasteiger partial charge in [0.25, 0.3) is 0 Å². The van der Waals surface area contributed by atoms with Crippen LogP contribution >= 0.6 is 11.6 Å². The number of rotatable bonds is 2. The number of hydrogen-bond acceptors (Lipinski definition) is 4. The molecular formula is C20H20ClF2N3O4S. The summed E-state index contributed by atoms with van der Waals surface area (Å²) >= 11 is 6.17. The van der Waals surface area contributed by atoms with Gasteiger partial charge in [0.2, 0.25) is 10.0 Å². The van der Waals surface area contributed by atoms with Crippen LogP contribution in [-0.4, -0.2) is 50.4 Å². The molecule has 11 heteroatoms. The minimum Gasteiger partial charge on any atom is -0.453 e. The molecule has 4 rings (SSSR count). The SMILES string of the molecule is CS(=O)(=O)N[C@H]1[C@@H](F)CN2C(=O)NCc3ccc(Cl)c(c3)Oc3cccc(c3F)C[C@@H]12. The summed E-state index contributed by atoms with van der Waals surface area (Å²) in [5.74, 6) is -0.544. The molecule has 0 aliphatic carbocycles. The van der Waals surface area contributed by atoms with Crippen molar-refractivity contribution in [3.05, 3.63) is 58.4 Å². The van der Waals surface area contributed by atoms with Gasteiger partial charge in [-0.3, -0.25) is 0 Å². The van der Waals surface area contributed by atoms with Crippen molar-refractivity contribution in [3.63, 3.8) is 0 Å². The number of sulfonamides is 1. The third-order valence-electron chi connectivity index (χ3n) is 5.32. The number of carbonyl (C=O) groups is 1. The van der Waals surface area contributed by atoms with Gasteiger partial charge in [0.1, 0.15) is 11.9 Å². The number of urea groups is 1. The summed E-state index contributed by atoms with van der Waals surface area (Å²) in [6.45, 7) is -0.232. The number of hydrogen-bond donors (Lipinski definition) is 2. The zero-order valence-electron chi connectivity index (χ0n) is 16.4. The van der Waals surface area contributed by atoms with E-state index in [1.807, 2.05) is 0 Å². The van der Waals surface area contributed by atoms with Crippen molar-refractivity contribution in [1.82, 2.24) is 14.9 Å². The molecular weight excluding hydrogens is 452 g/mol. The topological polar surface area (TPSA) is 87.7 Å². The first-order valence-electron chi connectivity index (χ1n) is 9.52. The molecule has 31 heavy (non-hydrogen) atoms. The maximum absolute atomic E-state index is 15.2. The Hall–Kier alpha value is -2.43. The first-order chi connectivity index (χ1) is 14.6. The lowest BCUT2D eigenvalue weighted by atomic mass is 9.99. The fraction of sp³-hybridized carbons (Fsp3) is 0.350. The van der Waals surface area contributed by atoms with Crippen LogP contribution in [0.25, 0.3) is 0 Å². The average molecular weight is 472 g/mol. The lowest BCUT2D eigenvalue weighted by molar-refractivity contribution is 0.187. The Morgan fingerprint density at radius 3 is 2.77 bits per heavy atom. The second-order valence-electron chi connectivity index (χ2n) is 7.61. The Balaban J connectivity index is 1.79. The molecule has 2 aromatic rings. The monoisotopic (exact) mass is 471 g/mol. The summed E-state index contributed by atoms with van der Waals surface area (Å²) in [7, 11) is -3.77. The van der Waals surface area contributed by atoms with Crippen molar-refractivity contribution < 1.29 is 26.7 Å². The molecule has 2 aromatic carbocycles. The van der Waals surface area contributed by atoms with Crippen molar-refractivity contribution in [2.45, 2.75) is 31.2 Å². The van der Waals surface area contributed by atoms with E-state index < -0.39 is 40.1 Å². The molecule has 2 heterocycles. The average Bonchev–Trinajstić information content (AvgIpc) is 2.99. The summed E-state index contributed by atoms with van der Waals surface area (Å²) in [6.07, 6.45) is -0.855. The van der Waals surface area contributed by atoms with E-state index in [1.54, 1.807) is 24.3 Å². The molecule has 2 N–H and O–H groups in total. The number of halogens is 3. The predicted molar refractivity (Wildman–Crippen MR) is 111 cm³/mol. The van der Waals surface area contributed by atoms with E-state index >= 15 is 4.39 Å². The predicted octanol–water partition coefficient (Wildman–Crippen LogP) is 2.98. The number of fused-ring (bicyclic) bond motifs is 5. The molecule has 3 atom stereocenters. The van der Waals surface area contributed by atoms with Crippen molar-refractivity contribution in [1.29, 1.82) is 0 Å². The van der Waals surface area contributed by atoms with Gasteiger partial charge in [-0.2, -0.15) is 0 Å². The highest BCUT2D eigenvalue weighted by atomic mass is 35.5. The van der Waals surface area contributed by atoms with E-state index in [-0.39, 0.29) is 41.6 Å². The van der Waals surface area contributed by atoms with Gasteiger partial charge in [-0.25, -0.2) is 26.7 Å². The minimum atomic E-state index is -3.77. The lowest BCUT2D eigenvalue weighted by Gasteiger charge is -2.28. The molecule has 0 radical (unpaired) electrons. The van der Waals surface area contributed by atoms with E-state index in [9.17, 15) is 17.6 Å². The van der Waals surface area contributed by atoms with E-state index in [0.717, 1.165) is 6.26 Å². The van der Waals surface area contributed by atoms with E-state index in [2.05, 4.69) is 10.0 Å². The number of carbonyl (C=O) groups excluding carboxylic acids is 1. The summed E-state index contributed by atoms with van der Waals surface area (Å²) in [5.41, 5.74) is 0.795.